The summed E-state index contributed by atoms with van der Waals surface area (Å²) in [6.07, 6.45) is 1.58. The van der Waals surface area contributed by atoms with Gasteiger partial charge in [0.15, 0.2) is 0 Å². The zero-order chi connectivity index (χ0) is 7.56. The van der Waals surface area contributed by atoms with Crippen LogP contribution in [0.2, 0.25) is 0 Å². The fourth-order valence-electron chi connectivity index (χ4n) is 0.613. The molecule has 0 bridgehead atoms. The van der Waals surface area contributed by atoms with E-state index in [1.807, 2.05) is 6.92 Å². The van der Waals surface area contributed by atoms with Gasteiger partial charge in [0.05, 0.1) is 7.11 Å². The largest absolute Gasteiger partial charge is 0.463 e. The monoisotopic (exact) mass is 176 g/mol. The Hall–Kier alpha value is -1.03. The Bertz CT molecular complexity index is 246. The van der Waals surface area contributed by atoms with Crippen molar-refractivity contribution in [3.05, 3.63) is 17.7 Å². The molecule has 62 valence electrons. The van der Waals surface area contributed by atoms with Crippen molar-refractivity contribution in [2.45, 2.75) is 6.92 Å². The van der Waals surface area contributed by atoms with Gasteiger partial charge in [-0.2, -0.15) is 0 Å². The van der Waals surface area contributed by atoms with Gasteiger partial charge in [0, 0.05) is 11.9 Å². The molecule has 0 radical (unpaired) electrons. The summed E-state index contributed by atoms with van der Waals surface area (Å²) in [5.74, 6) is -0.187. The van der Waals surface area contributed by atoms with Crippen molar-refractivity contribution < 1.29 is 9.53 Å². The number of H-pyrrole nitrogens is 1. The zero-order valence-electron chi connectivity index (χ0n) is 6.25. The number of methoxy groups -OCH3 is 1. The van der Waals surface area contributed by atoms with E-state index in [1.54, 1.807) is 6.20 Å². The van der Waals surface area contributed by atoms with Crippen LogP contribution >= 0.6 is 12.4 Å². The van der Waals surface area contributed by atoms with Crippen LogP contribution in [-0.4, -0.2) is 23.0 Å². The highest BCUT2D eigenvalue weighted by Gasteiger charge is 2.06. The molecule has 0 aromatic carbocycles. The van der Waals surface area contributed by atoms with E-state index in [4.69, 9.17) is 0 Å². The number of esters is 1. The van der Waals surface area contributed by atoms with E-state index in [1.165, 1.54) is 7.11 Å². The molecule has 0 aliphatic rings. The van der Waals surface area contributed by atoms with Crippen LogP contribution in [0.5, 0.6) is 0 Å². The van der Waals surface area contributed by atoms with Crippen LogP contribution in [-0.2, 0) is 4.74 Å². The number of hydrogen-bond acceptors (Lipinski definition) is 3. The maximum Gasteiger partial charge on any atom is 0.374 e. The van der Waals surface area contributed by atoms with E-state index in [0.29, 0.717) is 0 Å². The number of aromatic amines is 1. The Labute approximate surface area is 70.4 Å². The molecule has 0 saturated carbocycles. The Morgan fingerprint density at radius 1 is 1.73 bits per heavy atom. The van der Waals surface area contributed by atoms with E-state index >= 15 is 0 Å². The minimum atomic E-state index is -0.437. The predicted octanol–water partition coefficient (Wildman–Crippen LogP) is 0.927. The van der Waals surface area contributed by atoms with Gasteiger partial charge >= 0.3 is 5.97 Å². The quantitative estimate of drug-likeness (QED) is 0.648. The third-order valence-electron chi connectivity index (χ3n) is 1.08. The maximum absolute atomic E-state index is 10.7. The Morgan fingerprint density at radius 2 is 2.36 bits per heavy atom. The van der Waals surface area contributed by atoms with Crippen molar-refractivity contribution >= 4 is 18.4 Å². The molecular weight excluding hydrogens is 168 g/mol. The van der Waals surface area contributed by atoms with Gasteiger partial charge in [-0.15, -0.1) is 12.4 Å². The Kier molecular flexibility index (Phi) is 3.60. The molecule has 1 aromatic rings. The molecule has 1 aromatic heterocycles. The molecule has 0 atom stereocenters. The summed E-state index contributed by atoms with van der Waals surface area (Å²) in [5.41, 5.74) is 0.848. The number of aryl methyl sites for hydroxylation is 1. The minimum Gasteiger partial charge on any atom is -0.463 e. The molecular formula is C6H9ClN2O2. The molecule has 1 rings (SSSR count). The first-order valence-electron chi connectivity index (χ1n) is 2.84. The van der Waals surface area contributed by atoms with Gasteiger partial charge in [-0.05, 0) is 6.92 Å². The first-order chi connectivity index (χ1) is 4.74. The summed E-state index contributed by atoms with van der Waals surface area (Å²) < 4.78 is 4.42. The molecule has 11 heavy (non-hydrogen) atoms. The molecule has 0 aliphatic carbocycles. The second kappa shape index (κ2) is 3.98. The van der Waals surface area contributed by atoms with E-state index in [2.05, 4.69) is 14.7 Å². The summed E-state index contributed by atoms with van der Waals surface area (Å²) in [5, 5.41) is 0. The fraction of sp³-hybridized carbons (Fsp3) is 0.333. The number of rotatable bonds is 1. The van der Waals surface area contributed by atoms with Crippen LogP contribution in [0.25, 0.3) is 0 Å². The van der Waals surface area contributed by atoms with Gasteiger partial charge in [0.2, 0.25) is 5.82 Å². The molecule has 5 heteroatoms. The first kappa shape index (κ1) is 9.97. The molecule has 1 N–H and O–H groups in total. The highest BCUT2D eigenvalue weighted by atomic mass is 35.5. The van der Waals surface area contributed by atoms with Crippen LogP contribution in [0.4, 0.5) is 0 Å². The number of imidazole rings is 1. The standard InChI is InChI=1S/C6H8N2O2.ClH/c1-4-3-7-5(8-4)6(9)10-2;/h3H,1-2H3,(H,7,8);1H. The second-order valence-electron chi connectivity index (χ2n) is 1.91. The van der Waals surface area contributed by atoms with Crippen molar-refractivity contribution in [2.24, 2.45) is 0 Å². The maximum atomic E-state index is 10.7. The molecule has 0 fully saturated rings. The molecule has 0 amide bonds. The Balaban J connectivity index is 0.000001000. The van der Waals surface area contributed by atoms with E-state index in [-0.39, 0.29) is 18.2 Å². The third-order valence-corrected chi connectivity index (χ3v) is 1.08. The lowest BCUT2D eigenvalue weighted by molar-refractivity contribution is 0.0588. The topological polar surface area (TPSA) is 55.0 Å². The lowest BCUT2D eigenvalue weighted by Gasteiger charge is -1.90. The highest BCUT2D eigenvalue weighted by Crippen LogP contribution is 1.95. The number of hydrogen-bond donors (Lipinski definition) is 1. The van der Waals surface area contributed by atoms with E-state index in [0.717, 1.165) is 5.69 Å². The van der Waals surface area contributed by atoms with E-state index < -0.39 is 5.97 Å². The minimum absolute atomic E-state index is 0. The van der Waals surface area contributed by atoms with Crippen molar-refractivity contribution in [2.75, 3.05) is 7.11 Å². The average Bonchev–Trinajstić information content (AvgIpc) is 2.34. The number of carbonyl (C=O) groups excluding carboxylic acids is 1. The SMILES string of the molecule is COC(=O)c1ncc(C)[nH]1.Cl. The first-order valence-corrected chi connectivity index (χ1v) is 2.84. The summed E-state index contributed by atoms with van der Waals surface area (Å²) >= 11 is 0. The zero-order valence-corrected chi connectivity index (χ0v) is 7.07. The molecule has 4 nitrogen and oxygen atoms in total. The second-order valence-corrected chi connectivity index (χ2v) is 1.91. The van der Waals surface area contributed by atoms with Gasteiger partial charge in [-0.1, -0.05) is 0 Å². The van der Waals surface area contributed by atoms with Gasteiger partial charge in [-0.3, -0.25) is 0 Å². The van der Waals surface area contributed by atoms with Crippen molar-refractivity contribution in [3.8, 4) is 0 Å². The summed E-state index contributed by atoms with van der Waals surface area (Å²) in [4.78, 5) is 17.2. The Morgan fingerprint density at radius 3 is 2.73 bits per heavy atom. The normalized spacial score (nSPS) is 8.55. The van der Waals surface area contributed by atoms with Crippen molar-refractivity contribution in [1.29, 1.82) is 0 Å². The van der Waals surface area contributed by atoms with Gasteiger partial charge in [-0.25, -0.2) is 9.78 Å². The van der Waals surface area contributed by atoms with Crippen LogP contribution in [0.3, 0.4) is 0 Å². The van der Waals surface area contributed by atoms with Crippen molar-refractivity contribution in [1.82, 2.24) is 9.97 Å². The molecule has 0 spiro atoms. The number of nitrogens with one attached hydrogen (secondary N) is 1. The third kappa shape index (κ3) is 2.23. The molecule has 1 heterocycles. The van der Waals surface area contributed by atoms with Crippen LogP contribution in [0, 0.1) is 6.92 Å². The molecule has 0 aliphatic heterocycles. The van der Waals surface area contributed by atoms with Gasteiger partial charge in [0.1, 0.15) is 0 Å². The average molecular weight is 177 g/mol. The van der Waals surface area contributed by atoms with Crippen molar-refractivity contribution in [3.63, 3.8) is 0 Å². The number of halogens is 1. The lowest BCUT2D eigenvalue weighted by Crippen LogP contribution is -2.02. The highest BCUT2D eigenvalue weighted by molar-refractivity contribution is 5.85. The molecule has 0 saturated heterocycles. The molecule has 0 unspecified atom stereocenters. The van der Waals surface area contributed by atoms with Gasteiger partial charge < -0.3 is 9.72 Å². The number of aromatic nitrogens is 2. The predicted molar refractivity (Wildman–Crippen MR) is 41.9 cm³/mol. The van der Waals surface area contributed by atoms with Crippen LogP contribution in [0.15, 0.2) is 6.20 Å². The summed E-state index contributed by atoms with van der Waals surface area (Å²) in [6.45, 7) is 1.82. The summed E-state index contributed by atoms with van der Waals surface area (Å²) in [6, 6.07) is 0. The van der Waals surface area contributed by atoms with E-state index in [9.17, 15) is 4.79 Å². The van der Waals surface area contributed by atoms with Gasteiger partial charge in [0.25, 0.3) is 0 Å². The summed E-state index contributed by atoms with van der Waals surface area (Å²) in [7, 11) is 1.32. The number of nitrogens with zero attached hydrogens (tertiary/aromatic N) is 1. The fourth-order valence-corrected chi connectivity index (χ4v) is 0.613. The van der Waals surface area contributed by atoms with Crippen LogP contribution in [0.1, 0.15) is 16.3 Å². The smallest absolute Gasteiger partial charge is 0.374 e. The van der Waals surface area contributed by atoms with Crippen LogP contribution < -0.4 is 0 Å². The number of ether oxygens (including phenoxy) is 1. The lowest BCUT2D eigenvalue weighted by atomic mass is 10.6. The number of carbonyl (C=O) groups is 1.